The fraction of sp³-hybridized carbons (Fsp3) is 0.556. The van der Waals surface area contributed by atoms with E-state index < -0.39 is 4.92 Å². The zero-order valence-electron chi connectivity index (χ0n) is 9.17. The molecular weight excluding hydrogens is 210 g/mol. The lowest BCUT2D eigenvalue weighted by Gasteiger charge is -2.17. The second-order valence-corrected chi connectivity index (χ2v) is 3.75. The van der Waals surface area contributed by atoms with Gasteiger partial charge >= 0.3 is 5.69 Å². The summed E-state index contributed by atoms with van der Waals surface area (Å²) in [6.07, 6.45) is 3.37. The zero-order valence-corrected chi connectivity index (χ0v) is 9.17. The van der Waals surface area contributed by atoms with Crippen molar-refractivity contribution in [3.8, 4) is 0 Å². The molecule has 16 heavy (non-hydrogen) atoms. The van der Waals surface area contributed by atoms with Gasteiger partial charge in [-0.3, -0.25) is 10.1 Å². The highest BCUT2D eigenvalue weighted by molar-refractivity contribution is 5.59. The van der Waals surface area contributed by atoms with Crippen molar-refractivity contribution < 1.29 is 4.92 Å². The van der Waals surface area contributed by atoms with E-state index in [-0.39, 0.29) is 5.69 Å². The van der Waals surface area contributed by atoms with Crippen molar-refractivity contribution in [3.05, 3.63) is 16.3 Å². The molecule has 0 amide bonds. The predicted molar refractivity (Wildman–Crippen MR) is 59.7 cm³/mol. The molecule has 0 saturated heterocycles. The minimum Gasteiger partial charge on any atom is -0.357 e. The van der Waals surface area contributed by atoms with Crippen LogP contribution in [0.25, 0.3) is 0 Å². The van der Waals surface area contributed by atoms with E-state index in [2.05, 4.69) is 15.3 Å². The van der Waals surface area contributed by atoms with Gasteiger partial charge in [0.15, 0.2) is 0 Å². The summed E-state index contributed by atoms with van der Waals surface area (Å²) in [5.41, 5.74) is -0.0478. The molecule has 1 fully saturated rings. The van der Waals surface area contributed by atoms with Gasteiger partial charge in [-0.15, -0.1) is 0 Å². The maximum absolute atomic E-state index is 10.8. The van der Waals surface area contributed by atoms with Crippen LogP contribution in [0.4, 0.5) is 17.5 Å². The second-order valence-electron chi connectivity index (χ2n) is 3.75. The van der Waals surface area contributed by atoms with Crippen LogP contribution < -0.4 is 10.2 Å². The van der Waals surface area contributed by atoms with Gasteiger partial charge in [-0.25, -0.2) is 4.98 Å². The Balaban J connectivity index is 2.40. The quantitative estimate of drug-likeness (QED) is 0.606. The maximum Gasteiger partial charge on any atom is 0.329 e. The number of hydrogen-bond acceptors (Lipinski definition) is 6. The van der Waals surface area contributed by atoms with Crippen molar-refractivity contribution in [2.45, 2.75) is 18.9 Å². The standard InChI is InChI=1S/C9H13N5O2/c1-10-9-11-5-7(14(15)16)8(12-9)13(2)6-3-4-6/h5-6H,3-4H2,1-2H3,(H,10,11,12). The summed E-state index contributed by atoms with van der Waals surface area (Å²) in [5.74, 6) is 0.778. The lowest BCUT2D eigenvalue weighted by atomic mass is 10.4. The van der Waals surface area contributed by atoms with E-state index in [1.807, 2.05) is 11.9 Å². The van der Waals surface area contributed by atoms with E-state index >= 15 is 0 Å². The molecule has 1 aromatic heterocycles. The summed E-state index contributed by atoms with van der Waals surface area (Å²) in [4.78, 5) is 20.2. The Kier molecular flexibility index (Phi) is 2.59. The first-order chi connectivity index (χ1) is 7.63. The number of hydrogen-bond donors (Lipinski definition) is 1. The van der Waals surface area contributed by atoms with E-state index in [1.54, 1.807) is 7.05 Å². The average molecular weight is 223 g/mol. The van der Waals surface area contributed by atoms with Gasteiger partial charge < -0.3 is 10.2 Å². The third-order valence-corrected chi connectivity index (χ3v) is 2.60. The zero-order chi connectivity index (χ0) is 11.7. The predicted octanol–water partition coefficient (Wildman–Crippen LogP) is 1.03. The molecule has 2 rings (SSSR count). The minimum atomic E-state index is -0.451. The number of nitrogens with one attached hydrogen (secondary N) is 1. The Labute approximate surface area is 92.7 Å². The van der Waals surface area contributed by atoms with Gasteiger partial charge in [0.25, 0.3) is 0 Å². The lowest BCUT2D eigenvalue weighted by molar-refractivity contribution is -0.384. The highest BCUT2D eigenvalue weighted by Crippen LogP contribution is 2.34. The third-order valence-electron chi connectivity index (χ3n) is 2.60. The fourth-order valence-electron chi connectivity index (χ4n) is 1.51. The first kappa shape index (κ1) is 10.6. The first-order valence-electron chi connectivity index (χ1n) is 5.05. The molecule has 1 heterocycles. The minimum absolute atomic E-state index is 0.0478. The van der Waals surface area contributed by atoms with Crippen LogP contribution in [-0.4, -0.2) is 35.0 Å². The molecule has 0 radical (unpaired) electrons. The second kappa shape index (κ2) is 3.92. The Bertz CT molecular complexity index is 418. The molecule has 0 atom stereocenters. The molecule has 0 aromatic carbocycles. The molecule has 0 spiro atoms. The number of nitrogens with zero attached hydrogens (tertiary/aromatic N) is 4. The van der Waals surface area contributed by atoms with Crippen molar-refractivity contribution in [1.82, 2.24) is 9.97 Å². The molecule has 0 bridgehead atoms. The molecule has 0 unspecified atom stereocenters. The van der Waals surface area contributed by atoms with Crippen LogP contribution in [0.15, 0.2) is 6.20 Å². The van der Waals surface area contributed by atoms with Crippen molar-refractivity contribution in [1.29, 1.82) is 0 Å². The Hall–Kier alpha value is -1.92. The smallest absolute Gasteiger partial charge is 0.329 e. The van der Waals surface area contributed by atoms with E-state index in [0.29, 0.717) is 17.8 Å². The summed E-state index contributed by atoms with van der Waals surface area (Å²) in [7, 11) is 3.51. The average Bonchev–Trinajstić information content (AvgIpc) is 3.11. The van der Waals surface area contributed by atoms with Crippen molar-refractivity contribution >= 4 is 17.5 Å². The van der Waals surface area contributed by atoms with Crippen molar-refractivity contribution in [2.75, 3.05) is 24.3 Å². The van der Waals surface area contributed by atoms with Gasteiger partial charge in [-0.2, -0.15) is 4.98 Å². The molecule has 1 N–H and O–H groups in total. The molecule has 1 aromatic rings. The summed E-state index contributed by atoms with van der Waals surface area (Å²) in [6, 6.07) is 0.373. The van der Waals surface area contributed by atoms with Crippen LogP contribution in [0.5, 0.6) is 0 Å². The van der Waals surface area contributed by atoms with Crippen LogP contribution in [0.2, 0.25) is 0 Å². The van der Waals surface area contributed by atoms with Crippen LogP contribution in [0, 0.1) is 10.1 Å². The number of nitro groups is 1. The summed E-state index contributed by atoms with van der Waals surface area (Å²) in [6.45, 7) is 0. The van der Waals surface area contributed by atoms with Gasteiger partial charge in [0, 0.05) is 20.1 Å². The molecule has 1 saturated carbocycles. The topological polar surface area (TPSA) is 84.2 Å². The SMILES string of the molecule is CNc1ncc([N+](=O)[O-])c(N(C)C2CC2)n1. The molecule has 7 heteroatoms. The normalized spacial score (nSPS) is 14.6. The summed E-state index contributed by atoms with van der Waals surface area (Å²) < 4.78 is 0. The molecule has 0 aliphatic heterocycles. The molecule has 86 valence electrons. The summed E-state index contributed by atoms with van der Waals surface area (Å²) in [5, 5.41) is 13.6. The highest BCUT2D eigenvalue weighted by atomic mass is 16.6. The lowest BCUT2D eigenvalue weighted by Crippen LogP contribution is -2.22. The monoisotopic (exact) mass is 223 g/mol. The van der Waals surface area contributed by atoms with Crippen LogP contribution in [0.3, 0.4) is 0 Å². The van der Waals surface area contributed by atoms with Gasteiger partial charge in [0.2, 0.25) is 11.8 Å². The third kappa shape index (κ3) is 1.88. The maximum atomic E-state index is 10.8. The largest absolute Gasteiger partial charge is 0.357 e. The van der Waals surface area contributed by atoms with Crippen LogP contribution >= 0.6 is 0 Å². The van der Waals surface area contributed by atoms with E-state index in [0.717, 1.165) is 12.8 Å². The Morgan fingerprint density at radius 3 is 2.81 bits per heavy atom. The van der Waals surface area contributed by atoms with Crippen LogP contribution in [-0.2, 0) is 0 Å². The number of aromatic nitrogens is 2. The van der Waals surface area contributed by atoms with Crippen molar-refractivity contribution in [2.24, 2.45) is 0 Å². The molecule has 1 aliphatic rings. The summed E-state index contributed by atoms with van der Waals surface area (Å²) >= 11 is 0. The van der Waals surface area contributed by atoms with Gasteiger partial charge in [-0.1, -0.05) is 0 Å². The molecule has 7 nitrogen and oxygen atoms in total. The number of rotatable bonds is 4. The Morgan fingerprint density at radius 1 is 1.62 bits per heavy atom. The van der Waals surface area contributed by atoms with E-state index in [1.165, 1.54) is 6.20 Å². The van der Waals surface area contributed by atoms with Gasteiger partial charge in [0.1, 0.15) is 6.20 Å². The fourth-order valence-corrected chi connectivity index (χ4v) is 1.51. The Morgan fingerprint density at radius 2 is 2.31 bits per heavy atom. The first-order valence-corrected chi connectivity index (χ1v) is 5.05. The van der Waals surface area contributed by atoms with Crippen LogP contribution in [0.1, 0.15) is 12.8 Å². The van der Waals surface area contributed by atoms with Gasteiger partial charge in [-0.05, 0) is 12.8 Å². The molecule has 1 aliphatic carbocycles. The van der Waals surface area contributed by atoms with Gasteiger partial charge in [0.05, 0.1) is 4.92 Å². The molecular formula is C9H13N5O2. The van der Waals surface area contributed by atoms with E-state index in [9.17, 15) is 10.1 Å². The van der Waals surface area contributed by atoms with Crippen molar-refractivity contribution in [3.63, 3.8) is 0 Å². The van der Waals surface area contributed by atoms with E-state index in [4.69, 9.17) is 0 Å². The highest BCUT2D eigenvalue weighted by Gasteiger charge is 2.31. The number of anilines is 2.